The van der Waals surface area contributed by atoms with Crippen molar-refractivity contribution < 1.29 is 9.90 Å². The minimum atomic E-state index is -0.0645. The zero-order chi connectivity index (χ0) is 15.1. The standard InChI is InChI=1S/C20H14O2/c21-17-11-9-13-5-1-3-7-15(13)19(17)20-16-8-4-2-6-14(16)10-12-18(20)22/h1-9,11-12,22H,10H2/b20-19+. The van der Waals surface area contributed by atoms with E-state index in [0.29, 0.717) is 17.6 Å². The number of carbonyl (C=O) groups is 1. The monoisotopic (exact) mass is 286 g/mol. The number of carbonyl (C=O) groups excluding carboxylic acids is 1. The van der Waals surface area contributed by atoms with Crippen molar-refractivity contribution >= 4 is 23.0 Å². The normalized spacial score (nSPS) is 19.5. The van der Waals surface area contributed by atoms with E-state index >= 15 is 0 Å². The quantitative estimate of drug-likeness (QED) is 0.737. The molecule has 2 nitrogen and oxygen atoms in total. The number of hydrogen-bond acceptors (Lipinski definition) is 2. The van der Waals surface area contributed by atoms with Gasteiger partial charge in [0.05, 0.1) is 0 Å². The molecule has 2 heteroatoms. The minimum absolute atomic E-state index is 0.0645. The Bertz CT molecular complexity index is 878. The summed E-state index contributed by atoms with van der Waals surface area (Å²) >= 11 is 0. The Morgan fingerprint density at radius 2 is 1.55 bits per heavy atom. The third-order valence-electron chi connectivity index (χ3n) is 4.20. The first-order valence-electron chi connectivity index (χ1n) is 7.29. The Morgan fingerprint density at radius 1 is 0.818 bits per heavy atom. The van der Waals surface area contributed by atoms with Crippen LogP contribution in [0.2, 0.25) is 0 Å². The fourth-order valence-corrected chi connectivity index (χ4v) is 3.16. The van der Waals surface area contributed by atoms with Crippen molar-refractivity contribution in [2.24, 2.45) is 0 Å². The molecule has 0 aromatic heterocycles. The lowest BCUT2D eigenvalue weighted by atomic mass is 9.81. The van der Waals surface area contributed by atoms with Crippen LogP contribution in [0.1, 0.15) is 22.3 Å². The molecule has 2 aromatic carbocycles. The van der Waals surface area contributed by atoms with Crippen molar-refractivity contribution in [3.8, 4) is 0 Å². The van der Waals surface area contributed by atoms with Crippen LogP contribution in [-0.4, -0.2) is 10.9 Å². The lowest BCUT2D eigenvalue weighted by molar-refractivity contribution is -0.109. The molecule has 0 fully saturated rings. The summed E-state index contributed by atoms with van der Waals surface area (Å²) in [5.41, 5.74) is 5.17. The molecule has 0 unspecified atom stereocenters. The van der Waals surface area contributed by atoms with E-state index in [-0.39, 0.29) is 11.5 Å². The van der Waals surface area contributed by atoms with Gasteiger partial charge in [-0.3, -0.25) is 4.79 Å². The van der Waals surface area contributed by atoms with Crippen LogP contribution in [0.25, 0.3) is 17.2 Å². The van der Waals surface area contributed by atoms with Crippen LogP contribution in [0, 0.1) is 0 Å². The second kappa shape index (κ2) is 4.85. The highest BCUT2D eigenvalue weighted by molar-refractivity contribution is 6.36. The molecule has 0 heterocycles. The van der Waals surface area contributed by atoms with E-state index in [2.05, 4.69) is 0 Å². The summed E-state index contributed by atoms with van der Waals surface area (Å²) < 4.78 is 0. The van der Waals surface area contributed by atoms with E-state index in [1.54, 1.807) is 12.2 Å². The van der Waals surface area contributed by atoms with Crippen molar-refractivity contribution in [3.05, 3.63) is 88.7 Å². The van der Waals surface area contributed by atoms with Gasteiger partial charge in [-0.05, 0) is 40.8 Å². The van der Waals surface area contributed by atoms with Gasteiger partial charge in [0.2, 0.25) is 0 Å². The number of ketones is 1. The summed E-state index contributed by atoms with van der Waals surface area (Å²) in [7, 11) is 0. The topological polar surface area (TPSA) is 37.3 Å². The van der Waals surface area contributed by atoms with Crippen molar-refractivity contribution in [2.75, 3.05) is 0 Å². The molecule has 0 atom stereocenters. The first-order chi connectivity index (χ1) is 10.8. The maximum Gasteiger partial charge on any atom is 0.187 e. The lowest BCUT2D eigenvalue weighted by Crippen LogP contribution is -2.11. The van der Waals surface area contributed by atoms with Crippen LogP contribution in [0.5, 0.6) is 0 Å². The summed E-state index contributed by atoms with van der Waals surface area (Å²) in [6.45, 7) is 0. The number of hydrogen-bond donors (Lipinski definition) is 1. The first-order valence-corrected chi connectivity index (χ1v) is 7.29. The Morgan fingerprint density at radius 3 is 2.41 bits per heavy atom. The van der Waals surface area contributed by atoms with Gasteiger partial charge in [0.25, 0.3) is 0 Å². The zero-order valence-corrected chi connectivity index (χ0v) is 11.9. The number of rotatable bonds is 0. The minimum Gasteiger partial charge on any atom is -0.508 e. The molecule has 106 valence electrons. The molecule has 0 radical (unpaired) electrons. The maximum absolute atomic E-state index is 12.5. The smallest absolute Gasteiger partial charge is 0.187 e. The van der Waals surface area contributed by atoms with Gasteiger partial charge in [0, 0.05) is 11.1 Å². The summed E-state index contributed by atoms with van der Waals surface area (Å²) in [5.74, 6) is 0.123. The van der Waals surface area contributed by atoms with Crippen molar-refractivity contribution in [1.29, 1.82) is 0 Å². The van der Waals surface area contributed by atoms with Crippen molar-refractivity contribution in [1.82, 2.24) is 0 Å². The fourth-order valence-electron chi connectivity index (χ4n) is 3.16. The molecule has 0 saturated carbocycles. The second-order valence-corrected chi connectivity index (χ2v) is 5.49. The predicted octanol–water partition coefficient (Wildman–Crippen LogP) is 4.19. The van der Waals surface area contributed by atoms with E-state index in [4.69, 9.17) is 0 Å². The summed E-state index contributed by atoms with van der Waals surface area (Å²) in [4.78, 5) is 12.5. The van der Waals surface area contributed by atoms with E-state index in [1.807, 2.05) is 54.6 Å². The molecule has 22 heavy (non-hydrogen) atoms. The number of allylic oxidation sites excluding steroid dienone is 4. The van der Waals surface area contributed by atoms with Gasteiger partial charge in [0.1, 0.15) is 5.76 Å². The molecule has 2 aliphatic carbocycles. The summed E-state index contributed by atoms with van der Waals surface area (Å²) in [5, 5.41) is 10.4. The van der Waals surface area contributed by atoms with Gasteiger partial charge in [-0.1, -0.05) is 54.6 Å². The Labute approximate surface area is 128 Å². The average molecular weight is 286 g/mol. The highest BCUT2D eigenvalue weighted by atomic mass is 16.3. The molecule has 1 N–H and O–H groups in total. The van der Waals surface area contributed by atoms with Crippen LogP contribution in [0.15, 0.2) is 66.4 Å². The number of aliphatic hydroxyl groups excluding tert-OH is 1. The zero-order valence-electron chi connectivity index (χ0n) is 11.9. The fraction of sp³-hybridized carbons (Fsp3) is 0.0500. The molecule has 2 aliphatic rings. The number of fused-ring (bicyclic) bond motifs is 2. The van der Waals surface area contributed by atoms with Gasteiger partial charge in [-0.25, -0.2) is 0 Å². The lowest BCUT2D eigenvalue weighted by Gasteiger charge is -2.22. The molecule has 0 bridgehead atoms. The largest absolute Gasteiger partial charge is 0.508 e. The molecule has 0 amide bonds. The van der Waals surface area contributed by atoms with Gasteiger partial charge in [-0.2, -0.15) is 0 Å². The van der Waals surface area contributed by atoms with Gasteiger partial charge in [-0.15, -0.1) is 0 Å². The van der Waals surface area contributed by atoms with E-state index in [1.165, 1.54) is 0 Å². The Hall–Kier alpha value is -2.87. The third kappa shape index (κ3) is 1.85. The van der Waals surface area contributed by atoms with Gasteiger partial charge in [0.15, 0.2) is 5.78 Å². The molecular formula is C20H14O2. The second-order valence-electron chi connectivity index (χ2n) is 5.49. The molecule has 0 saturated heterocycles. The molecule has 4 rings (SSSR count). The van der Waals surface area contributed by atoms with Gasteiger partial charge < -0.3 is 5.11 Å². The van der Waals surface area contributed by atoms with Crippen LogP contribution in [-0.2, 0) is 11.2 Å². The maximum atomic E-state index is 12.5. The van der Waals surface area contributed by atoms with Crippen molar-refractivity contribution in [3.63, 3.8) is 0 Å². The highest BCUT2D eigenvalue weighted by Crippen LogP contribution is 2.39. The number of aliphatic hydroxyl groups is 1. The molecule has 0 spiro atoms. The summed E-state index contributed by atoms with van der Waals surface area (Å²) in [6, 6.07) is 15.7. The molecular weight excluding hydrogens is 272 g/mol. The van der Waals surface area contributed by atoms with Crippen LogP contribution < -0.4 is 0 Å². The number of benzene rings is 2. The molecule has 0 aliphatic heterocycles. The average Bonchev–Trinajstić information content (AvgIpc) is 2.56. The predicted molar refractivity (Wildman–Crippen MR) is 88.2 cm³/mol. The van der Waals surface area contributed by atoms with E-state index < -0.39 is 0 Å². The highest BCUT2D eigenvalue weighted by Gasteiger charge is 2.26. The SMILES string of the molecule is O=C1C=Cc2ccccc2/C1=C1\C(O)=CCc2ccccc21. The van der Waals surface area contributed by atoms with Crippen molar-refractivity contribution in [2.45, 2.75) is 6.42 Å². The van der Waals surface area contributed by atoms with E-state index in [0.717, 1.165) is 22.3 Å². The van der Waals surface area contributed by atoms with Crippen LogP contribution in [0.3, 0.4) is 0 Å². The summed E-state index contributed by atoms with van der Waals surface area (Å²) in [6.07, 6.45) is 5.87. The third-order valence-corrected chi connectivity index (χ3v) is 4.20. The first kappa shape index (κ1) is 12.8. The van der Waals surface area contributed by atoms with Crippen LogP contribution >= 0.6 is 0 Å². The Balaban J connectivity index is 2.08. The van der Waals surface area contributed by atoms with E-state index in [9.17, 15) is 9.90 Å². The molecule has 2 aromatic rings. The van der Waals surface area contributed by atoms with Gasteiger partial charge >= 0.3 is 0 Å². The Kier molecular flexibility index (Phi) is 2.83. The van der Waals surface area contributed by atoms with Crippen LogP contribution in [0.4, 0.5) is 0 Å².